The Hall–Kier alpha value is 0. The van der Waals surface area contributed by atoms with Gasteiger partial charge in [-0.3, -0.25) is 0 Å². The average molecular weight is 122 g/mol. The molecule has 0 N–H and O–H groups in total. The van der Waals surface area contributed by atoms with Gasteiger partial charge in [-0.25, -0.2) is 0 Å². The fraction of sp³-hybridized carbons (Fsp3) is 1.00. The Morgan fingerprint density at radius 2 is 1.00 bits per heavy atom. The van der Waals surface area contributed by atoms with Crippen LogP contribution in [0.2, 0.25) is 0 Å². The SMILES string of the molecule is C1CC2C[C@H]3CC3CC12. The van der Waals surface area contributed by atoms with Crippen molar-refractivity contribution in [2.75, 3.05) is 0 Å². The monoisotopic (exact) mass is 122 g/mol. The summed E-state index contributed by atoms with van der Waals surface area (Å²) in [7, 11) is 0. The summed E-state index contributed by atoms with van der Waals surface area (Å²) in [6.45, 7) is 0. The number of hydrogen-bond donors (Lipinski definition) is 0. The average Bonchev–Trinajstić information content (AvgIpc) is 2.53. The summed E-state index contributed by atoms with van der Waals surface area (Å²) in [4.78, 5) is 0. The zero-order valence-electron chi connectivity index (χ0n) is 5.84. The molecule has 3 saturated carbocycles. The maximum absolute atomic E-state index is 1.62. The van der Waals surface area contributed by atoms with Gasteiger partial charge in [-0.1, -0.05) is 0 Å². The van der Waals surface area contributed by atoms with E-state index in [2.05, 4.69) is 0 Å². The Labute approximate surface area is 56.6 Å². The Morgan fingerprint density at radius 3 is 1.44 bits per heavy atom. The van der Waals surface area contributed by atoms with Crippen molar-refractivity contribution in [1.29, 1.82) is 0 Å². The molecule has 4 atom stereocenters. The Bertz CT molecular complexity index is 123. The van der Waals surface area contributed by atoms with Crippen LogP contribution in [0.5, 0.6) is 0 Å². The molecule has 0 heterocycles. The van der Waals surface area contributed by atoms with Gasteiger partial charge in [0.05, 0.1) is 0 Å². The third-order valence-corrected chi connectivity index (χ3v) is 3.85. The van der Waals surface area contributed by atoms with Crippen LogP contribution in [0.15, 0.2) is 0 Å². The lowest BCUT2D eigenvalue weighted by Gasteiger charge is -2.40. The molecule has 0 aromatic rings. The van der Waals surface area contributed by atoms with Crippen LogP contribution in [-0.2, 0) is 0 Å². The lowest BCUT2D eigenvalue weighted by molar-refractivity contribution is 0.109. The van der Waals surface area contributed by atoms with Crippen molar-refractivity contribution < 1.29 is 0 Å². The van der Waals surface area contributed by atoms with Gasteiger partial charge in [0.2, 0.25) is 0 Å². The first-order chi connectivity index (χ1) is 4.43. The molecule has 3 aliphatic carbocycles. The lowest BCUT2D eigenvalue weighted by Crippen LogP contribution is -2.29. The number of fused-ring (bicyclic) bond motifs is 2. The molecule has 3 rings (SSSR count). The predicted octanol–water partition coefficient (Wildman–Crippen LogP) is 2.44. The van der Waals surface area contributed by atoms with E-state index in [0.717, 1.165) is 0 Å². The smallest absolute Gasteiger partial charge is 0.0380 e. The van der Waals surface area contributed by atoms with E-state index in [9.17, 15) is 0 Å². The van der Waals surface area contributed by atoms with Gasteiger partial charge >= 0.3 is 0 Å². The van der Waals surface area contributed by atoms with E-state index in [1.807, 2.05) is 0 Å². The molecule has 0 heteroatoms. The second kappa shape index (κ2) is 1.36. The molecule has 0 aromatic heterocycles. The minimum Gasteiger partial charge on any atom is -0.0499 e. The Balaban J connectivity index is 1.79. The van der Waals surface area contributed by atoms with Gasteiger partial charge in [0.25, 0.3) is 0 Å². The second-order valence-electron chi connectivity index (χ2n) is 4.32. The number of rotatable bonds is 0. The van der Waals surface area contributed by atoms with Gasteiger partial charge in [0, 0.05) is 0 Å². The quantitative estimate of drug-likeness (QED) is 0.463. The van der Waals surface area contributed by atoms with Crippen molar-refractivity contribution in [3.8, 4) is 0 Å². The van der Waals surface area contributed by atoms with Crippen LogP contribution in [0.1, 0.15) is 32.1 Å². The zero-order valence-corrected chi connectivity index (χ0v) is 5.84. The van der Waals surface area contributed by atoms with E-state index >= 15 is 0 Å². The summed E-state index contributed by atoms with van der Waals surface area (Å²) in [5, 5.41) is 0. The van der Waals surface area contributed by atoms with Crippen molar-refractivity contribution in [2.24, 2.45) is 23.7 Å². The summed E-state index contributed by atoms with van der Waals surface area (Å²) in [5.41, 5.74) is 0. The van der Waals surface area contributed by atoms with E-state index in [1.165, 1.54) is 23.7 Å². The summed E-state index contributed by atoms with van der Waals surface area (Å²) in [6.07, 6.45) is 8.00. The molecule has 0 saturated heterocycles. The van der Waals surface area contributed by atoms with Crippen molar-refractivity contribution in [2.45, 2.75) is 32.1 Å². The van der Waals surface area contributed by atoms with Gasteiger partial charge in [-0.05, 0) is 55.8 Å². The summed E-state index contributed by atoms with van der Waals surface area (Å²) in [5.74, 6) is 4.83. The highest BCUT2D eigenvalue weighted by atomic mass is 14.5. The minimum absolute atomic E-state index is 1.20. The predicted molar refractivity (Wildman–Crippen MR) is 37.0 cm³/mol. The minimum atomic E-state index is 1.20. The molecular weight excluding hydrogens is 108 g/mol. The van der Waals surface area contributed by atoms with E-state index in [-0.39, 0.29) is 0 Å². The lowest BCUT2D eigenvalue weighted by atomic mass is 9.66. The molecule has 3 fully saturated rings. The highest BCUT2D eigenvalue weighted by molar-refractivity contribution is 4.99. The van der Waals surface area contributed by atoms with Gasteiger partial charge in [0.1, 0.15) is 0 Å². The van der Waals surface area contributed by atoms with Gasteiger partial charge < -0.3 is 0 Å². The standard InChI is InChI=1S/C9H14/c1-2-7-4-9-5-8(9)3-6(1)7/h6-9H,1-5H2/t6?,7?,8-,9?/m0/s1. The molecule has 0 spiro atoms. The first kappa shape index (κ1) is 4.76. The fourth-order valence-corrected chi connectivity index (χ4v) is 2.92. The van der Waals surface area contributed by atoms with Gasteiger partial charge in [0.15, 0.2) is 0 Å². The molecule has 0 aliphatic heterocycles. The molecule has 0 amide bonds. The summed E-state index contributed by atoms with van der Waals surface area (Å²) < 4.78 is 0. The van der Waals surface area contributed by atoms with Crippen LogP contribution in [0.25, 0.3) is 0 Å². The molecule has 3 aliphatic rings. The van der Waals surface area contributed by atoms with Crippen molar-refractivity contribution in [3.05, 3.63) is 0 Å². The van der Waals surface area contributed by atoms with Crippen LogP contribution in [-0.4, -0.2) is 0 Å². The Kier molecular flexibility index (Phi) is 0.717. The molecule has 0 aromatic carbocycles. The molecule has 3 unspecified atom stereocenters. The maximum Gasteiger partial charge on any atom is -0.0380 e. The van der Waals surface area contributed by atoms with Crippen molar-refractivity contribution in [1.82, 2.24) is 0 Å². The summed E-state index contributed by atoms with van der Waals surface area (Å²) >= 11 is 0. The van der Waals surface area contributed by atoms with Crippen LogP contribution in [0, 0.1) is 23.7 Å². The zero-order chi connectivity index (χ0) is 5.84. The fourth-order valence-electron chi connectivity index (χ4n) is 2.92. The number of hydrogen-bond acceptors (Lipinski definition) is 0. The first-order valence-corrected chi connectivity index (χ1v) is 4.43. The topological polar surface area (TPSA) is 0 Å². The van der Waals surface area contributed by atoms with Crippen LogP contribution >= 0.6 is 0 Å². The largest absolute Gasteiger partial charge is 0.0499 e. The second-order valence-corrected chi connectivity index (χ2v) is 4.32. The van der Waals surface area contributed by atoms with Gasteiger partial charge in [-0.15, -0.1) is 0 Å². The molecule has 0 bridgehead atoms. The van der Waals surface area contributed by atoms with Crippen molar-refractivity contribution >= 4 is 0 Å². The molecule has 50 valence electrons. The van der Waals surface area contributed by atoms with E-state index in [4.69, 9.17) is 0 Å². The molecule has 0 nitrogen and oxygen atoms in total. The van der Waals surface area contributed by atoms with E-state index in [1.54, 1.807) is 32.1 Å². The maximum atomic E-state index is 1.62. The normalized spacial score (nSPS) is 61.3. The van der Waals surface area contributed by atoms with Gasteiger partial charge in [-0.2, -0.15) is 0 Å². The third kappa shape index (κ3) is 0.544. The van der Waals surface area contributed by atoms with Crippen LogP contribution < -0.4 is 0 Å². The van der Waals surface area contributed by atoms with Crippen LogP contribution in [0.4, 0.5) is 0 Å². The highest BCUT2D eigenvalue weighted by Crippen LogP contribution is 2.59. The molecule has 0 radical (unpaired) electrons. The Morgan fingerprint density at radius 1 is 0.556 bits per heavy atom. The summed E-state index contributed by atoms with van der Waals surface area (Å²) in [6, 6.07) is 0. The van der Waals surface area contributed by atoms with Crippen LogP contribution in [0.3, 0.4) is 0 Å². The van der Waals surface area contributed by atoms with E-state index < -0.39 is 0 Å². The molecular formula is C9H14. The first-order valence-electron chi connectivity index (χ1n) is 4.43. The van der Waals surface area contributed by atoms with Crippen molar-refractivity contribution in [3.63, 3.8) is 0 Å². The highest BCUT2D eigenvalue weighted by Gasteiger charge is 2.49. The molecule has 9 heavy (non-hydrogen) atoms. The van der Waals surface area contributed by atoms with E-state index in [0.29, 0.717) is 0 Å². The third-order valence-electron chi connectivity index (χ3n) is 3.85.